The monoisotopic (exact) mass is 194 g/mol. The molecule has 1 atom stereocenters. The third-order valence-corrected chi connectivity index (χ3v) is 1.93. The molecule has 0 heterocycles. The fourth-order valence-corrected chi connectivity index (χ4v) is 1.50. The van der Waals surface area contributed by atoms with Gasteiger partial charge in [0, 0.05) is 0 Å². The summed E-state index contributed by atoms with van der Waals surface area (Å²) >= 11 is 0. The molecule has 0 aliphatic rings. The number of sulfonamides is 1. The molecule has 5 nitrogen and oxygen atoms in total. The fraction of sp³-hybridized carbons (Fsp3) is 0.833. The Hall–Kier alpha value is -0.620. The van der Waals surface area contributed by atoms with Crippen LogP contribution in [0.3, 0.4) is 0 Å². The van der Waals surface area contributed by atoms with Crippen LogP contribution >= 0.6 is 0 Å². The van der Waals surface area contributed by atoms with Crippen molar-refractivity contribution in [1.29, 1.82) is 0 Å². The second-order valence-corrected chi connectivity index (χ2v) is 4.33. The van der Waals surface area contributed by atoms with E-state index >= 15 is 0 Å². The standard InChI is InChI=1S/C6H13NO4S/c1-3-4-5(6(8)9)7-12(2,10)11/h5,7H,3-4H2,1-2H3,(H,8,9)/p-1. The minimum Gasteiger partial charge on any atom is -0.548 e. The van der Waals surface area contributed by atoms with Gasteiger partial charge in [-0.2, -0.15) is 0 Å². The molecule has 0 saturated carbocycles. The van der Waals surface area contributed by atoms with Crippen LogP contribution in [0.4, 0.5) is 0 Å². The maximum Gasteiger partial charge on any atom is 0.209 e. The van der Waals surface area contributed by atoms with Crippen LogP contribution in [-0.4, -0.2) is 26.7 Å². The highest BCUT2D eigenvalue weighted by Gasteiger charge is 2.13. The summed E-state index contributed by atoms with van der Waals surface area (Å²) in [6.45, 7) is 1.76. The molecule has 0 aromatic carbocycles. The molecule has 0 aromatic rings. The molecule has 0 saturated heterocycles. The van der Waals surface area contributed by atoms with E-state index in [0.717, 1.165) is 6.26 Å². The van der Waals surface area contributed by atoms with Gasteiger partial charge in [-0.3, -0.25) is 0 Å². The molecule has 0 bridgehead atoms. The van der Waals surface area contributed by atoms with Gasteiger partial charge in [0.1, 0.15) is 0 Å². The smallest absolute Gasteiger partial charge is 0.209 e. The summed E-state index contributed by atoms with van der Waals surface area (Å²) < 4.78 is 23.2. The molecular weight excluding hydrogens is 182 g/mol. The number of carboxylic acids is 1. The average molecular weight is 194 g/mol. The molecule has 0 aliphatic carbocycles. The van der Waals surface area contributed by atoms with Crippen molar-refractivity contribution >= 4 is 16.0 Å². The SMILES string of the molecule is CCCC(NS(C)(=O)=O)C(=O)[O-]. The summed E-state index contributed by atoms with van der Waals surface area (Å²) in [6.07, 6.45) is 1.75. The third kappa shape index (κ3) is 5.09. The Bertz CT molecular complexity index is 246. The van der Waals surface area contributed by atoms with Crippen LogP contribution in [0.5, 0.6) is 0 Å². The van der Waals surface area contributed by atoms with Gasteiger partial charge in [0.25, 0.3) is 0 Å². The number of rotatable bonds is 5. The largest absolute Gasteiger partial charge is 0.548 e. The lowest BCUT2D eigenvalue weighted by Crippen LogP contribution is -2.47. The van der Waals surface area contributed by atoms with E-state index in [1.807, 2.05) is 4.72 Å². The molecule has 1 N–H and O–H groups in total. The summed E-state index contributed by atoms with van der Waals surface area (Å²) in [4.78, 5) is 10.3. The number of nitrogens with one attached hydrogen (secondary N) is 1. The maximum atomic E-state index is 10.6. The van der Waals surface area contributed by atoms with Crippen molar-refractivity contribution in [3.63, 3.8) is 0 Å². The first-order chi connectivity index (χ1) is 5.37. The van der Waals surface area contributed by atoms with Gasteiger partial charge in [-0.15, -0.1) is 0 Å². The number of carboxylic acid groups (broad SMARTS) is 1. The number of hydrogen-bond acceptors (Lipinski definition) is 4. The van der Waals surface area contributed by atoms with Crippen LogP contribution < -0.4 is 9.83 Å². The molecule has 6 heteroatoms. The molecule has 0 fully saturated rings. The van der Waals surface area contributed by atoms with E-state index in [0.29, 0.717) is 6.42 Å². The number of carbonyl (C=O) groups is 1. The minimum absolute atomic E-state index is 0.245. The van der Waals surface area contributed by atoms with Gasteiger partial charge in [0.15, 0.2) is 0 Å². The number of hydrogen-bond donors (Lipinski definition) is 1. The first-order valence-corrected chi connectivity index (χ1v) is 5.44. The van der Waals surface area contributed by atoms with Crippen molar-refractivity contribution in [3.8, 4) is 0 Å². The summed E-state index contributed by atoms with van der Waals surface area (Å²) in [5.41, 5.74) is 0. The van der Waals surface area contributed by atoms with Gasteiger partial charge in [0.2, 0.25) is 10.0 Å². The topological polar surface area (TPSA) is 86.3 Å². The Kier molecular flexibility index (Phi) is 4.19. The van der Waals surface area contributed by atoms with Gasteiger partial charge in [-0.25, -0.2) is 13.1 Å². The number of aliphatic carboxylic acids is 1. The van der Waals surface area contributed by atoms with E-state index in [-0.39, 0.29) is 6.42 Å². The van der Waals surface area contributed by atoms with Crippen molar-refractivity contribution in [1.82, 2.24) is 4.72 Å². The van der Waals surface area contributed by atoms with E-state index in [4.69, 9.17) is 0 Å². The zero-order valence-corrected chi connectivity index (χ0v) is 7.85. The summed E-state index contributed by atoms with van der Waals surface area (Å²) in [6, 6.07) is -1.11. The zero-order valence-electron chi connectivity index (χ0n) is 7.03. The minimum atomic E-state index is -3.46. The van der Waals surface area contributed by atoms with Crippen LogP contribution in [0.2, 0.25) is 0 Å². The highest BCUT2D eigenvalue weighted by atomic mass is 32.2. The summed E-state index contributed by atoms with van der Waals surface area (Å²) in [5.74, 6) is -1.39. The first kappa shape index (κ1) is 11.4. The predicted octanol–water partition coefficient (Wildman–Crippen LogP) is -1.55. The Labute approximate surface area is 71.8 Å². The van der Waals surface area contributed by atoms with Crippen LogP contribution in [0.15, 0.2) is 0 Å². The lowest BCUT2D eigenvalue weighted by Gasteiger charge is -2.16. The molecule has 0 rings (SSSR count). The van der Waals surface area contributed by atoms with Crippen molar-refractivity contribution < 1.29 is 18.3 Å². The Morgan fingerprint density at radius 2 is 2.08 bits per heavy atom. The Morgan fingerprint density at radius 3 is 2.33 bits per heavy atom. The van der Waals surface area contributed by atoms with Gasteiger partial charge >= 0.3 is 0 Å². The molecule has 0 aliphatic heterocycles. The number of carbonyl (C=O) groups excluding carboxylic acids is 1. The van der Waals surface area contributed by atoms with E-state index in [9.17, 15) is 18.3 Å². The second-order valence-electron chi connectivity index (χ2n) is 2.55. The van der Waals surface area contributed by atoms with Crippen molar-refractivity contribution in [2.45, 2.75) is 25.8 Å². The van der Waals surface area contributed by atoms with Gasteiger partial charge in [-0.05, 0) is 6.42 Å². The van der Waals surface area contributed by atoms with Crippen molar-refractivity contribution in [3.05, 3.63) is 0 Å². The molecule has 0 amide bonds. The highest BCUT2D eigenvalue weighted by Crippen LogP contribution is 1.96. The summed E-state index contributed by atoms with van der Waals surface area (Å²) in [7, 11) is -3.46. The van der Waals surface area contributed by atoms with Gasteiger partial charge < -0.3 is 9.90 Å². The Morgan fingerprint density at radius 1 is 1.58 bits per heavy atom. The Balaban J connectivity index is 4.24. The van der Waals surface area contributed by atoms with Gasteiger partial charge in [-0.1, -0.05) is 13.3 Å². The lowest BCUT2D eigenvalue weighted by atomic mass is 10.2. The van der Waals surface area contributed by atoms with Crippen LogP contribution in [0, 0.1) is 0 Å². The molecular formula is C6H12NO4S-. The molecule has 0 aromatic heterocycles. The second kappa shape index (κ2) is 4.42. The van der Waals surface area contributed by atoms with Gasteiger partial charge in [0.05, 0.1) is 18.3 Å². The fourth-order valence-electron chi connectivity index (χ4n) is 0.772. The molecule has 1 unspecified atom stereocenters. The van der Waals surface area contributed by atoms with Crippen molar-refractivity contribution in [2.24, 2.45) is 0 Å². The van der Waals surface area contributed by atoms with Crippen LogP contribution in [-0.2, 0) is 14.8 Å². The van der Waals surface area contributed by atoms with E-state index in [1.165, 1.54) is 0 Å². The molecule has 0 radical (unpaired) electrons. The third-order valence-electron chi connectivity index (χ3n) is 1.22. The van der Waals surface area contributed by atoms with E-state index < -0.39 is 22.0 Å². The molecule has 12 heavy (non-hydrogen) atoms. The first-order valence-electron chi connectivity index (χ1n) is 3.55. The van der Waals surface area contributed by atoms with E-state index in [2.05, 4.69) is 0 Å². The summed E-state index contributed by atoms with van der Waals surface area (Å²) in [5, 5.41) is 10.3. The van der Waals surface area contributed by atoms with Crippen molar-refractivity contribution in [2.75, 3.05) is 6.26 Å². The average Bonchev–Trinajstić information content (AvgIpc) is 1.83. The maximum absolute atomic E-state index is 10.6. The highest BCUT2D eigenvalue weighted by molar-refractivity contribution is 7.88. The zero-order chi connectivity index (χ0) is 9.78. The predicted molar refractivity (Wildman–Crippen MR) is 41.7 cm³/mol. The van der Waals surface area contributed by atoms with Crippen LogP contribution in [0.25, 0.3) is 0 Å². The molecule has 72 valence electrons. The lowest BCUT2D eigenvalue weighted by molar-refractivity contribution is -0.308. The normalized spacial score (nSPS) is 14.2. The van der Waals surface area contributed by atoms with E-state index in [1.54, 1.807) is 6.92 Å². The quantitative estimate of drug-likeness (QED) is 0.574. The van der Waals surface area contributed by atoms with Crippen LogP contribution in [0.1, 0.15) is 19.8 Å². The molecule has 0 spiro atoms.